The third-order valence-electron chi connectivity index (χ3n) is 4.48. The van der Waals surface area contributed by atoms with Crippen molar-refractivity contribution in [2.45, 2.75) is 46.2 Å². The van der Waals surface area contributed by atoms with E-state index < -0.39 is 14.2 Å². The summed E-state index contributed by atoms with van der Waals surface area (Å²) in [6, 6.07) is 10.1. The van der Waals surface area contributed by atoms with Gasteiger partial charge in [-0.05, 0) is 5.56 Å². The second-order valence-corrected chi connectivity index (χ2v) is 12.7. The van der Waals surface area contributed by atoms with Gasteiger partial charge in [0.2, 0.25) is 0 Å². The molecule has 0 spiro atoms. The van der Waals surface area contributed by atoms with E-state index >= 15 is 0 Å². The fourth-order valence-corrected chi connectivity index (χ4v) is 5.18. The van der Waals surface area contributed by atoms with Gasteiger partial charge in [0.15, 0.2) is 0 Å². The van der Waals surface area contributed by atoms with Crippen LogP contribution in [0.15, 0.2) is 54.3 Å². The molecule has 0 unspecified atom stereocenters. The zero-order valence-corrected chi connectivity index (χ0v) is 17.4. The monoisotopic (exact) mass is 362 g/mol. The van der Waals surface area contributed by atoms with Crippen LogP contribution in [-0.2, 0) is 16.1 Å². The van der Waals surface area contributed by atoms with E-state index in [1.54, 1.807) is 0 Å². The van der Waals surface area contributed by atoms with E-state index in [1.807, 2.05) is 43.3 Å². The smallest absolute Gasteiger partial charge is 0.147 e. The molecule has 3 atom stereocenters. The first-order chi connectivity index (χ1) is 11.8. The molecule has 0 heterocycles. The highest BCUT2D eigenvalue weighted by Gasteiger charge is 2.30. The highest BCUT2D eigenvalue weighted by atomic mass is 28.3. The van der Waals surface area contributed by atoms with Crippen LogP contribution in [0.2, 0.25) is 19.6 Å². The summed E-state index contributed by atoms with van der Waals surface area (Å²) < 4.78 is 11.2. The van der Waals surface area contributed by atoms with E-state index in [-0.39, 0.29) is 18.6 Å². The van der Waals surface area contributed by atoms with Gasteiger partial charge in [-0.15, -0.1) is 6.58 Å². The molecule has 0 bridgehead atoms. The molecule has 0 saturated carbocycles. The van der Waals surface area contributed by atoms with E-state index in [4.69, 9.17) is 9.47 Å². The van der Waals surface area contributed by atoms with Crippen LogP contribution < -0.4 is 0 Å². The fraction of sp³-hybridized carbons (Fsp3) is 0.524. The Hall–Kier alpha value is -1.20. The molecule has 0 fully saturated rings. The van der Waals surface area contributed by atoms with Gasteiger partial charge in [0, 0.05) is 11.8 Å². The molecule has 3 nitrogen and oxygen atoms in total. The lowest BCUT2D eigenvalue weighted by Crippen LogP contribution is -2.36. The summed E-state index contributed by atoms with van der Waals surface area (Å²) >= 11 is 0. The maximum atomic E-state index is 10.5. The number of aliphatic hydroxyl groups excluding tert-OH is 1. The van der Waals surface area contributed by atoms with E-state index in [1.165, 1.54) is 5.20 Å². The maximum Gasteiger partial charge on any atom is 0.147 e. The topological polar surface area (TPSA) is 38.7 Å². The molecule has 140 valence electrons. The Labute approximate surface area is 154 Å². The highest BCUT2D eigenvalue weighted by Crippen LogP contribution is 2.28. The fourth-order valence-electron chi connectivity index (χ4n) is 2.94. The molecule has 25 heavy (non-hydrogen) atoms. The predicted octanol–water partition coefficient (Wildman–Crippen LogP) is 4.80. The van der Waals surface area contributed by atoms with Crippen LogP contribution in [0.4, 0.5) is 0 Å². The van der Waals surface area contributed by atoms with Crippen molar-refractivity contribution in [3.8, 4) is 0 Å². The average Bonchev–Trinajstić information content (AvgIpc) is 2.59. The zero-order chi connectivity index (χ0) is 18.9. The van der Waals surface area contributed by atoms with Crippen LogP contribution in [-0.4, -0.2) is 32.7 Å². The van der Waals surface area contributed by atoms with Crippen LogP contribution in [0, 0.1) is 11.8 Å². The minimum absolute atomic E-state index is 0.0740. The van der Waals surface area contributed by atoms with Gasteiger partial charge in [-0.1, -0.05) is 81.2 Å². The molecule has 1 rings (SSSR count). The van der Waals surface area contributed by atoms with Gasteiger partial charge >= 0.3 is 0 Å². The standard InChI is InChI=1S/C21H34O3Si/c1-7-17(2)21(22)18(3)20(25(4,5)6)13-14-23-16-24-15-19-11-9-8-10-12-19/h7-13,17-18,21-22H,1,14-16H2,2-6H3/b20-13-/t17-,18-,21+/m0/s1. The molecule has 1 aromatic rings. The SMILES string of the molecule is C=C[C@H](C)[C@@H](O)[C@@H](C)/C(=C/COCOCc1ccccc1)[Si](C)(C)C. The Kier molecular flexibility index (Phi) is 9.36. The van der Waals surface area contributed by atoms with Crippen LogP contribution in [0.1, 0.15) is 19.4 Å². The molecular formula is C21H34O3Si. The second-order valence-electron chi connectivity index (χ2n) is 7.61. The van der Waals surface area contributed by atoms with E-state index in [2.05, 4.69) is 39.2 Å². The summed E-state index contributed by atoms with van der Waals surface area (Å²) in [5.41, 5.74) is 1.14. The van der Waals surface area contributed by atoms with Crippen LogP contribution >= 0.6 is 0 Å². The van der Waals surface area contributed by atoms with Crippen molar-refractivity contribution in [1.82, 2.24) is 0 Å². The summed E-state index contributed by atoms with van der Waals surface area (Å²) in [5.74, 6) is 0.179. The van der Waals surface area contributed by atoms with Crippen molar-refractivity contribution in [3.63, 3.8) is 0 Å². The minimum Gasteiger partial charge on any atom is -0.392 e. The lowest BCUT2D eigenvalue weighted by Gasteiger charge is -2.32. The van der Waals surface area contributed by atoms with Crippen molar-refractivity contribution >= 4 is 8.07 Å². The van der Waals surface area contributed by atoms with Crippen molar-refractivity contribution in [1.29, 1.82) is 0 Å². The first-order valence-corrected chi connectivity index (χ1v) is 12.5. The summed E-state index contributed by atoms with van der Waals surface area (Å²) in [5, 5.41) is 11.9. The molecule has 0 aliphatic carbocycles. The number of benzene rings is 1. The Balaban J connectivity index is 2.52. The van der Waals surface area contributed by atoms with Gasteiger partial charge in [-0.2, -0.15) is 0 Å². The highest BCUT2D eigenvalue weighted by molar-refractivity contribution is 6.83. The van der Waals surface area contributed by atoms with Crippen molar-refractivity contribution in [2.24, 2.45) is 11.8 Å². The molecule has 0 saturated heterocycles. The van der Waals surface area contributed by atoms with Crippen LogP contribution in [0.5, 0.6) is 0 Å². The van der Waals surface area contributed by atoms with Gasteiger partial charge in [0.25, 0.3) is 0 Å². The molecule has 0 aliphatic heterocycles. The number of ether oxygens (including phenoxy) is 2. The summed E-state index contributed by atoms with van der Waals surface area (Å²) in [6.07, 6.45) is 3.54. The van der Waals surface area contributed by atoms with Crippen molar-refractivity contribution in [2.75, 3.05) is 13.4 Å². The molecule has 4 heteroatoms. The van der Waals surface area contributed by atoms with E-state index in [9.17, 15) is 5.11 Å². The third-order valence-corrected chi connectivity index (χ3v) is 6.87. The van der Waals surface area contributed by atoms with Gasteiger partial charge in [-0.25, -0.2) is 0 Å². The normalized spacial score (nSPS) is 16.3. The number of hydrogen-bond donors (Lipinski definition) is 1. The van der Waals surface area contributed by atoms with Gasteiger partial charge in [0.1, 0.15) is 6.79 Å². The van der Waals surface area contributed by atoms with Crippen molar-refractivity contribution in [3.05, 3.63) is 59.8 Å². The lowest BCUT2D eigenvalue weighted by atomic mass is 9.93. The molecule has 0 radical (unpaired) electrons. The summed E-state index contributed by atoms with van der Waals surface area (Å²) in [4.78, 5) is 0. The molecule has 0 aliphatic rings. The molecule has 1 aromatic carbocycles. The molecule has 1 N–H and O–H groups in total. The van der Waals surface area contributed by atoms with Gasteiger partial charge < -0.3 is 14.6 Å². The quantitative estimate of drug-likeness (QED) is 0.266. The predicted molar refractivity (Wildman–Crippen MR) is 108 cm³/mol. The largest absolute Gasteiger partial charge is 0.392 e. The zero-order valence-electron chi connectivity index (χ0n) is 16.4. The average molecular weight is 363 g/mol. The van der Waals surface area contributed by atoms with Crippen LogP contribution in [0.25, 0.3) is 0 Å². The molecule has 0 aromatic heterocycles. The van der Waals surface area contributed by atoms with Crippen LogP contribution in [0.3, 0.4) is 0 Å². The first-order valence-electron chi connectivity index (χ1n) is 8.98. The Morgan fingerprint density at radius 3 is 2.36 bits per heavy atom. The Bertz CT molecular complexity index is 534. The van der Waals surface area contributed by atoms with Gasteiger partial charge in [-0.3, -0.25) is 0 Å². The van der Waals surface area contributed by atoms with Crippen molar-refractivity contribution < 1.29 is 14.6 Å². The third kappa shape index (κ3) is 7.69. The molecule has 0 amide bonds. The number of aliphatic hydroxyl groups is 1. The summed E-state index contributed by atoms with van der Waals surface area (Å²) in [7, 11) is -1.55. The molecular weight excluding hydrogens is 328 g/mol. The lowest BCUT2D eigenvalue weighted by molar-refractivity contribution is -0.0521. The summed E-state index contributed by atoms with van der Waals surface area (Å²) in [6.45, 7) is 16.1. The Morgan fingerprint density at radius 2 is 1.80 bits per heavy atom. The van der Waals surface area contributed by atoms with E-state index in [0.717, 1.165) is 5.56 Å². The number of hydrogen-bond acceptors (Lipinski definition) is 3. The van der Waals surface area contributed by atoms with E-state index in [0.29, 0.717) is 13.2 Å². The number of rotatable bonds is 11. The Morgan fingerprint density at radius 1 is 1.16 bits per heavy atom. The minimum atomic E-state index is -1.55. The maximum absolute atomic E-state index is 10.5. The van der Waals surface area contributed by atoms with Gasteiger partial charge in [0.05, 0.1) is 27.4 Å². The second kappa shape index (κ2) is 10.7. The first kappa shape index (κ1) is 21.8.